The molecule has 5 heteroatoms. The summed E-state index contributed by atoms with van der Waals surface area (Å²) in [7, 11) is 0. The summed E-state index contributed by atoms with van der Waals surface area (Å²) in [6, 6.07) is 2.05. The molecule has 0 unspecified atom stereocenters. The molecule has 1 fully saturated rings. The molecule has 106 valence electrons. The number of anilines is 2. The van der Waals surface area contributed by atoms with Crippen molar-refractivity contribution >= 4 is 11.6 Å². The van der Waals surface area contributed by atoms with Crippen LogP contribution in [-0.4, -0.2) is 35.1 Å². The minimum atomic E-state index is -0.0394. The molecule has 0 spiro atoms. The Hall–Kier alpha value is -1.36. The van der Waals surface area contributed by atoms with Crippen LogP contribution < -0.4 is 16.0 Å². The van der Waals surface area contributed by atoms with E-state index in [1.165, 1.54) is 19.3 Å². The predicted molar refractivity (Wildman–Crippen MR) is 79.5 cm³/mol. The molecule has 3 N–H and O–H groups in total. The van der Waals surface area contributed by atoms with Crippen molar-refractivity contribution in [3.63, 3.8) is 0 Å². The molecule has 0 radical (unpaired) electrons. The third-order valence-electron chi connectivity index (χ3n) is 3.57. The van der Waals surface area contributed by atoms with Crippen LogP contribution in [0.3, 0.4) is 0 Å². The van der Waals surface area contributed by atoms with Crippen LogP contribution in [0.15, 0.2) is 12.4 Å². The van der Waals surface area contributed by atoms with Crippen LogP contribution in [0.1, 0.15) is 39.5 Å². The molecular formula is C14H25N5. The molecule has 2 rings (SSSR count). The van der Waals surface area contributed by atoms with E-state index in [0.717, 1.165) is 31.1 Å². The fraction of sp³-hybridized carbons (Fsp3) is 0.714. The Morgan fingerprint density at radius 2 is 2.00 bits per heavy atom. The SMILES string of the molecule is CC(C)(CCN)Nc1cc(N2CCCCC2)ncn1. The van der Waals surface area contributed by atoms with Gasteiger partial charge in [-0.05, 0) is 46.1 Å². The highest BCUT2D eigenvalue weighted by atomic mass is 15.2. The minimum absolute atomic E-state index is 0.0394. The highest BCUT2D eigenvalue weighted by Gasteiger charge is 2.18. The van der Waals surface area contributed by atoms with Gasteiger partial charge in [-0.1, -0.05) is 0 Å². The number of piperidine rings is 1. The summed E-state index contributed by atoms with van der Waals surface area (Å²) in [6.07, 6.45) is 6.40. The first-order valence-electron chi connectivity index (χ1n) is 7.16. The molecule has 5 nitrogen and oxygen atoms in total. The van der Waals surface area contributed by atoms with Gasteiger partial charge >= 0.3 is 0 Å². The van der Waals surface area contributed by atoms with Crippen LogP contribution in [0.5, 0.6) is 0 Å². The van der Waals surface area contributed by atoms with E-state index >= 15 is 0 Å². The lowest BCUT2D eigenvalue weighted by atomic mass is 10.0. The summed E-state index contributed by atoms with van der Waals surface area (Å²) in [4.78, 5) is 11.0. The van der Waals surface area contributed by atoms with E-state index in [0.29, 0.717) is 6.54 Å². The summed E-state index contributed by atoms with van der Waals surface area (Å²) in [6.45, 7) is 7.15. The normalized spacial score (nSPS) is 16.5. The van der Waals surface area contributed by atoms with Crippen LogP contribution >= 0.6 is 0 Å². The van der Waals surface area contributed by atoms with Gasteiger partial charge in [0.2, 0.25) is 0 Å². The summed E-state index contributed by atoms with van der Waals surface area (Å²) in [5.41, 5.74) is 5.59. The summed E-state index contributed by atoms with van der Waals surface area (Å²) in [5.74, 6) is 1.91. The van der Waals surface area contributed by atoms with Gasteiger partial charge in [0, 0.05) is 24.7 Å². The number of nitrogens with two attached hydrogens (primary N) is 1. The van der Waals surface area contributed by atoms with Gasteiger partial charge in [0.05, 0.1) is 0 Å². The molecule has 1 aliphatic heterocycles. The van der Waals surface area contributed by atoms with Gasteiger partial charge in [0.15, 0.2) is 0 Å². The van der Waals surface area contributed by atoms with E-state index in [-0.39, 0.29) is 5.54 Å². The smallest absolute Gasteiger partial charge is 0.134 e. The zero-order chi connectivity index (χ0) is 13.7. The number of aromatic nitrogens is 2. The van der Waals surface area contributed by atoms with Crippen molar-refractivity contribution in [3.05, 3.63) is 12.4 Å². The highest BCUT2D eigenvalue weighted by Crippen LogP contribution is 2.21. The molecule has 0 amide bonds. The van der Waals surface area contributed by atoms with E-state index in [4.69, 9.17) is 5.73 Å². The lowest BCUT2D eigenvalue weighted by molar-refractivity contribution is 0.524. The largest absolute Gasteiger partial charge is 0.365 e. The number of hydrogen-bond acceptors (Lipinski definition) is 5. The second-order valence-electron chi connectivity index (χ2n) is 5.86. The Bertz CT molecular complexity index is 399. The van der Waals surface area contributed by atoms with Gasteiger partial charge in [-0.25, -0.2) is 9.97 Å². The number of nitrogens with one attached hydrogen (secondary N) is 1. The van der Waals surface area contributed by atoms with Gasteiger partial charge in [-0.3, -0.25) is 0 Å². The monoisotopic (exact) mass is 263 g/mol. The molecule has 19 heavy (non-hydrogen) atoms. The first-order valence-corrected chi connectivity index (χ1v) is 7.16. The minimum Gasteiger partial charge on any atom is -0.365 e. The first-order chi connectivity index (χ1) is 9.11. The third-order valence-corrected chi connectivity index (χ3v) is 3.57. The van der Waals surface area contributed by atoms with Crippen molar-refractivity contribution < 1.29 is 0 Å². The lowest BCUT2D eigenvalue weighted by Gasteiger charge is -2.29. The quantitative estimate of drug-likeness (QED) is 0.850. The predicted octanol–water partition coefficient (Wildman–Crippen LogP) is 2.01. The average molecular weight is 263 g/mol. The molecule has 0 bridgehead atoms. The zero-order valence-corrected chi connectivity index (χ0v) is 12.0. The van der Waals surface area contributed by atoms with Crippen molar-refractivity contribution in [1.82, 2.24) is 9.97 Å². The number of hydrogen-bond donors (Lipinski definition) is 2. The Morgan fingerprint density at radius 3 is 2.68 bits per heavy atom. The molecule has 0 aromatic carbocycles. The summed E-state index contributed by atoms with van der Waals surface area (Å²) in [5, 5.41) is 3.44. The first kappa shape index (κ1) is 14.1. The van der Waals surface area contributed by atoms with Crippen LogP contribution in [-0.2, 0) is 0 Å². The highest BCUT2D eigenvalue weighted by molar-refractivity contribution is 5.49. The zero-order valence-electron chi connectivity index (χ0n) is 12.0. The Balaban J connectivity index is 2.06. The fourth-order valence-corrected chi connectivity index (χ4v) is 2.48. The van der Waals surface area contributed by atoms with Crippen LogP contribution in [0.4, 0.5) is 11.6 Å². The van der Waals surface area contributed by atoms with Crippen LogP contribution in [0.25, 0.3) is 0 Å². The standard InChI is InChI=1S/C14H25N5/c1-14(2,6-7-15)18-12-10-13(17-11-16-12)19-8-4-3-5-9-19/h10-11H,3-9,15H2,1-2H3,(H,16,17,18). The van der Waals surface area contributed by atoms with Gasteiger partial charge in [0.25, 0.3) is 0 Å². The maximum Gasteiger partial charge on any atom is 0.134 e. The van der Waals surface area contributed by atoms with Crippen LogP contribution in [0, 0.1) is 0 Å². The molecule has 1 aromatic rings. The molecule has 0 aliphatic carbocycles. The topological polar surface area (TPSA) is 67.1 Å². The molecule has 0 saturated carbocycles. The lowest BCUT2D eigenvalue weighted by Crippen LogP contribution is -2.34. The van der Waals surface area contributed by atoms with Gasteiger partial charge < -0.3 is 16.0 Å². The van der Waals surface area contributed by atoms with Gasteiger partial charge in [-0.2, -0.15) is 0 Å². The van der Waals surface area contributed by atoms with E-state index < -0.39 is 0 Å². The van der Waals surface area contributed by atoms with Crippen molar-refractivity contribution in [2.24, 2.45) is 5.73 Å². The van der Waals surface area contributed by atoms with Crippen molar-refractivity contribution in [2.45, 2.75) is 45.1 Å². The Labute approximate surface area is 115 Å². The fourth-order valence-electron chi connectivity index (χ4n) is 2.48. The molecule has 1 saturated heterocycles. The maximum atomic E-state index is 5.63. The second-order valence-corrected chi connectivity index (χ2v) is 5.86. The van der Waals surface area contributed by atoms with Crippen molar-refractivity contribution in [1.29, 1.82) is 0 Å². The maximum absolute atomic E-state index is 5.63. The number of rotatable bonds is 5. The average Bonchev–Trinajstić information content (AvgIpc) is 2.39. The summed E-state index contributed by atoms with van der Waals surface area (Å²) < 4.78 is 0. The van der Waals surface area contributed by atoms with Gasteiger partial charge in [0.1, 0.15) is 18.0 Å². The van der Waals surface area contributed by atoms with E-state index in [2.05, 4.69) is 34.0 Å². The molecule has 1 aliphatic rings. The van der Waals surface area contributed by atoms with E-state index in [1.54, 1.807) is 6.33 Å². The van der Waals surface area contributed by atoms with E-state index in [1.807, 2.05) is 6.07 Å². The molecular weight excluding hydrogens is 238 g/mol. The molecule has 1 aromatic heterocycles. The van der Waals surface area contributed by atoms with Crippen molar-refractivity contribution in [3.8, 4) is 0 Å². The summed E-state index contributed by atoms with van der Waals surface area (Å²) >= 11 is 0. The Morgan fingerprint density at radius 1 is 1.26 bits per heavy atom. The van der Waals surface area contributed by atoms with Gasteiger partial charge in [-0.15, -0.1) is 0 Å². The van der Waals surface area contributed by atoms with E-state index in [9.17, 15) is 0 Å². The molecule has 0 atom stereocenters. The third kappa shape index (κ3) is 4.06. The second kappa shape index (κ2) is 6.19. The Kier molecular flexibility index (Phi) is 4.58. The number of nitrogens with zero attached hydrogens (tertiary/aromatic N) is 3. The molecule has 2 heterocycles. The van der Waals surface area contributed by atoms with Crippen LogP contribution in [0.2, 0.25) is 0 Å². The van der Waals surface area contributed by atoms with Crippen molar-refractivity contribution in [2.75, 3.05) is 29.9 Å².